The monoisotopic (exact) mass is 258 g/mol. The minimum atomic E-state index is -0.547. The highest BCUT2D eigenvalue weighted by atomic mass is 16.3. The van der Waals surface area contributed by atoms with E-state index >= 15 is 0 Å². The Bertz CT molecular complexity index is 640. The molecule has 96 valence electrons. The number of amides is 3. The van der Waals surface area contributed by atoms with Gasteiger partial charge in [0.2, 0.25) is 11.7 Å². The van der Waals surface area contributed by atoms with E-state index in [2.05, 4.69) is 5.32 Å². The van der Waals surface area contributed by atoms with Gasteiger partial charge in [-0.1, -0.05) is 18.2 Å². The van der Waals surface area contributed by atoms with E-state index in [4.69, 9.17) is 4.42 Å². The van der Waals surface area contributed by atoms with Gasteiger partial charge >= 0.3 is 6.03 Å². The average Bonchev–Trinajstić information content (AvgIpc) is 2.97. The van der Waals surface area contributed by atoms with Crippen molar-refractivity contribution >= 4 is 28.7 Å². The summed E-state index contributed by atoms with van der Waals surface area (Å²) in [4.78, 5) is 35.6. The van der Waals surface area contributed by atoms with Crippen molar-refractivity contribution < 1.29 is 18.8 Å². The van der Waals surface area contributed by atoms with Gasteiger partial charge < -0.3 is 9.73 Å². The summed E-state index contributed by atoms with van der Waals surface area (Å²) in [6.45, 7) is -0.364. The number of Topliss-reactive ketones (excluding diaryl/α,β-unsaturated/α-hetero) is 1. The van der Waals surface area contributed by atoms with Crippen LogP contribution in [0, 0.1) is 0 Å². The number of ketones is 1. The fourth-order valence-corrected chi connectivity index (χ4v) is 1.96. The van der Waals surface area contributed by atoms with Crippen molar-refractivity contribution in [3.8, 4) is 0 Å². The molecular weight excluding hydrogens is 248 g/mol. The molecule has 3 rings (SSSR count). The van der Waals surface area contributed by atoms with Gasteiger partial charge in [0.15, 0.2) is 5.76 Å². The number of nitrogens with zero attached hydrogens (tertiary/aromatic N) is 1. The average molecular weight is 258 g/mol. The second kappa shape index (κ2) is 4.24. The number of carbonyl (C=O) groups is 3. The zero-order valence-electron chi connectivity index (χ0n) is 9.88. The Morgan fingerprint density at radius 2 is 2.11 bits per heavy atom. The Morgan fingerprint density at radius 1 is 1.32 bits per heavy atom. The van der Waals surface area contributed by atoms with Crippen molar-refractivity contribution in [3.05, 3.63) is 36.1 Å². The fourth-order valence-electron chi connectivity index (χ4n) is 1.96. The highest BCUT2D eigenvalue weighted by molar-refractivity contribution is 6.07. The van der Waals surface area contributed by atoms with Crippen LogP contribution in [-0.4, -0.2) is 35.7 Å². The molecule has 1 aromatic heterocycles. The Balaban J connectivity index is 1.84. The number of benzene rings is 1. The van der Waals surface area contributed by atoms with E-state index in [1.165, 1.54) is 0 Å². The van der Waals surface area contributed by atoms with Crippen LogP contribution >= 0.6 is 0 Å². The number of para-hydroxylation sites is 1. The lowest BCUT2D eigenvalue weighted by Crippen LogP contribution is -2.35. The van der Waals surface area contributed by atoms with Gasteiger partial charge in [0.25, 0.3) is 0 Å². The SMILES string of the molecule is O=C(CN1C(=O)CNC1=O)c1cc2ccccc2o1. The normalized spacial score (nSPS) is 15.1. The molecule has 0 atom stereocenters. The first-order valence-corrected chi connectivity index (χ1v) is 5.75. The molecule has 1 aliphatic rings. The summed E-state index contributed by atoms with van der Waals surface area (Å²) in [6.07, 6.45) is 0. The van der Waals surface area contributed by atoms with Crippen LogP contribution in [0.4, 0.5) is 4.79 Å². The molecular formula is C13H10N2O4. The number of furan rings is 1. The topological polar surface area (TPSA) is 79.6 Å². The molecule has 1 fully saturated rings. The molecule has 0 spiro atoms. The molecule has 2 aromatic rings. The van der Waals surface area contributed by atoms with Gasteiger partial charge in [-0.15, -0.1) is 0 Å². The predicted octanol–water partition coefficient (Wildman–Crippen LogP) is 1.17. The van der Waals surface area contributed by atoms with Crippen LogP contribution in [0.15, 0.2) is 34.7 Å². The number of nitrogens with one attached hydrogen (secondary N) is 1. The minimum Gasteiger partial charge on any atom is -0.453 e. The van der Waals surface area contributed by atoms with Gasteiger partial charge in [-0.25, -0.2) is 4.79 Å². The summed E-state index contributed by atoms with van der Waals surface area (Å²) in [5.41, 5.74) is 0.600. The van der Waals surface area contributed by atoms with Crippen molar-refractivity contribution in [2.45, 2.75) is 0 Å². The molecule has 19 heavy (non-hydrogen) atoms. The lowest BCUT2D eigenvalue weighted by molar-refractivity contribution is -0.124. The van der Waals surface area contributed by atoms with E-state index < -0.39 is 17.7 Å². The number of hydrogen-bond donors (Lipinski definition) is 1. The van der Waals surface area contributed by atoms with Gasteiger partial charge in [0, 0.05) is 5.39 Å². The Kier molecular flexibility index (Phi) is 2.56. The van der Waals surface area contributed by atoms with Gasteiger partial charge in [-0.2, -0.15) is 0 Å². The van der Waals surface area contributed by atoms with Gasteiger partial charge in [-0.3, -0.25) is 14.5 Å². The molecule has 3 amide bonds. The third-order valence-electron chi connectivity index (χ3n) is 2.94. The molecule has 0 bridgehead atoms. The molecule has 6 nitrogen and oxygen atoms in total. The minimum absolute atomic E-state index is 0.0633. The Hall–Kier alpha value is -2.63. The number of imide groups is 1. The lowest BCUT2D eigenvalue weighted by Gasteiger charge is -2.09. The Morgan fingerprint density at radius 3 is 2.79 bits per heavy atom. The number of urea groups is 1. The second-order valence-electron chi connectivity index (χ2n) is 4.21. The quantitative estimate of drug-likeness (QED) is 0.662. The first kappa shape index (κ1) is 11.5. The molecule has 1 aliphatic heterocycles. The first-order chi connectivity index (χ1) is 9.15. The zero-order valence-corrected chi connectivity index (χ0v) is 9.88. The number of carbonyl (C=O) groups excluding carboxylic acids is 3. The maximum absolute atomic E-state index is 12.0. The summed E-state index contributed by atoms with van der Waals surface area (Å²) >= 11 is 0. The fraction of sp³-hybridized carbons (Fsp3) is 0.154. The predicted molar refractivity (Wildman–Crippen MR) is 65.7 cm³/mol. The van der Waals surface area contributed by atoms with E-state index in [1.54, 1.807) is 18.2 Å². The molecule has 1 saturated heterocycles. The van der Waals surface area contributed by atoms with E-state index in [9.17, 15) is 14.4 Å². The molecule has 0 radical (unpaired) electrons. The molecule has 1 aromatic carbocycles. The van der Waals surface area contributed by atoms with Crippen LogP contribution in [0.2, 0.25) is 0 Å². The molecule has 2 heterocycles. The summed E-state index contributed by atoms with van der Waals surface area (Å²) in [5, 5.41) is 3.17. The first-order valence-electron chi connectivity index (χ1n) is 5.75. The number of rotatable bonds is 3. The summed E-state index contributed by atoms with van der Waals surface area (Å²) in [7, 11) is 0. The zero-order chi connectivity index (χ0) is 13.4. The Labute approximate surface area is 108 Å². The van der Waals surface area contributed by atoms with E-state index in [0.29, 0.717) is 5.58 Å². The highest BCUT2D eigenvalue weighted by Crippen LogP contribution is 2.19. The van der Waals surface area contributed by atoms with Crippen molar-refractivity contribution in [1.29, 1.82) is 0 Å². The summed E-state index contributed by atoms with van der Waals surface area (Å²) in [6, 6.07) is 8.27. The second-order valence-corrected chi connectivity index (χ2v) is 4.21. The largest absolute Gasteiger partial charge is 0.453 e. The maximum atomic E-state index is 12.0. The summed E-state index contributed by atoms with van der Waals surface area (Å²) < 4.78 is 5.39. The molecule has 6 heteroatoms. The maximum Gasteiger partial charge on any atom is 0.325 e. The lowest BCUT2D eigenvalue weighted by atomic mass is 10.2. The smallest absolute Gasteiger partial charge is 0.325 e. The molecule has 0 aliphatic carbocycles. The van der Waals surface area contributed by atoms with Gasteiger partial charge in [0.1, 0.15) is 5.58 Å². The standard InChI is InChI=1S/C13H10N2O4/c16-9(7-15-12(17)6-14-13(15)18)11-5-8-3-1-2-4-10(8)19-11/h1-5H,6-7H2,(H,14,18). The molecule has 1 N–H and O–H groups in total. The third-order valence-corrected chi connectivity index (χ3v) is 2.94. The van der Waals surface area contributed by atoms with Crippen LogP contribution in [0.5, 0.6) is 0 Å². The van der Waals surface area contributed by atoms with Crippen molar-refractivity contribution in [2.75, 3.05) is 13.1 Å². The van der Waals surface area contributed by atoms with Crippen LogP contribution < -0.4 is 5.32 Å². The van der Waals surface area contributed by atoms with Crippen LogP contribution in [0.25, 0.3) is 11.0 Å². The van der Waals surface area contributed by atoms with Gasteiger partial charge in [-0.05, 0) is 12.1 Å². The van der Waals surface area contributed by atoms with Crippen LogP contribution in [0.1, 0.15) is 10.6 Å². The number of fused-ring (bicyclic) bond motifs is 1. The highest BCUT2D eigenvalue weighted by Gasteiger charge is 2.31. The van der Waals surface area contributed by atoms with Crippen LogP contribution in [-0.2, 0) is 4.79 Å². The number of hydrogen-bond acceptors (Lipinski definition) is 4. The third kappa shape index (κ3) is 1.97. The van der Waals surface area contributed by atoms with Crippen molar-refractivity contribution in [3.63, 3.8) is 0 Å². The van der Waals surface area contributed by atoms with Crippen molar-refractivity contribution in [2.24, 2.45) is 0 Å². The van der Waals surface area contributed by atoms with Gasteiger partial charge in [0.05, 0.1) is 13.1 Å². The molecule has 0 unspecified atom stereocenters. The van der Waals surface area contributed by atoms with Crippen molar-refractivity contribution in [1.82, 2.24) is 10.2 Å². The summed E-state index contributed by atoms with van der Waals surface area (Å²) in [5.74, 6) is -0.662. The van der Waals surface area contributed by atoms with Crippen LogP contribution in [0.3, 0.4) is 0 Å². The van der Waals surface area contributed by atoms with E-state index in [-0.39, 0.29) is 18.8 Å². The molecule has 0 saturated carbocycles. The van der Waals surface area contributed by atoms with E-state index in [0.717, 1.165) is 10.3 Å². The van der Waals surface area contributed by atoms with E-state index in [1.807, 2.05) is 12.1 Å².